The molecule has 1 aromatic heterocycles. The molecule has 1 heterocycles. The first kappa shape index (κ1) is 9.03. The lowest BCUT2D eigenvalue weighted by Crippen LogP contribution is -1.98. The average molecular weight is 256 g/mol. The standard InChI is InChI=1S/C10H10BrNS/c11-9-6-13-7-10(9)12-8-4-2-1-3-5-8/h2,4-7,12H,1,3H2. The largest absolute Gasteiger partial charge is 0.354 e. The number of rotatable bonds is 2. The highest BCUT2D eigenvalue weighted by Crippen LogP contribution is 2.28. The van der Waals surface area contributed by atoms with Crippen LogP contribution in [0.25, 0.3) is 0 Å². The maximum atomic E-state index is 3.49. The van der Waals surface area contributed by atoms with Crippen molar-refractivity contribution in [2.24, 2.45) is 0 Å². The summed E-state index contributed by atoms with van der Waals surface area (Å²) in [4.78, 5) is 0. The molecule has 68 valence electrons. The minimum Gasteiger partial charge on any atom is -0.354 e. The normalized spacial score (nSPS) is 15.6. The van der Waals surface area contributed by atoms with Gasteiger partial charge in [0.2, 0.25) is 0 Å². The molecule has 0 saturated heterocycles. The maximum Gasteiger partial charge on any atom is 0.0637 e. The molecule has 1 nitrogen and oxygen atoms in total. The minimum atomic E-state index is 1.14. The van der Waals surface area contributed by atoms with E-state index in [0.29, 0.717) is 0 Å². The first-order valence-electron chi connectivity index (χ1n) is 4.21. The van der Waals surface area contributed by atoms with Crippen LogP contribution in [0.1, 0.15) is 12.8 Å². The van der Waals surface area contributed by atoms with Gasteiger partial charge in [0.15, 0.2) is 0 Å². The molecular weight excluding hydrogens is 246 g/mol. The van der Waals surface area contributed by atoms with Gasteiger partial charge in [0.1, 0.15) is 0 Å². The Kier molecular flexibility index (Phi) is 2.86. The fourth-order valence-electron chi connectivity index (χ4n) is 1.23. The highest BCUT2D eigenvalue weighted by Gasteiger charge is 2.02. The van der Waals surface area contributed by atoms with Crippen LogP contribution in [0.15, 0.2) is 39.2 Å². The second kappa shape index (κ2) is 4.11. The Morgan fingerprint density at radius 1 is 1.31 bits per heavy atom. The van der Waals surface area contributed by atoms with Crippen LogP contribution in [-0.2, 0) is 0 Å². The van der Waals surface area contributed by atoms with Crippen molar-refractivity contribution >= 4 is 33.0 Å². The van der Waals surface area contributed by atoms with E-state index in [2.05, 4.69) is 50.2 Å². The van der Waals surface area contributed by atoms with E-state index in [9.17, 15) is 0 Å². The van der Waals surface area contributed by atoms with Gasteiger partial charge in [-0.2, -0.15) is 0 Å². The molecule has 0 spiro atoms. The first-order chi connectivity index (χ1) is 6.36. The summed E-state index contributed by atoms with van der Waals surface area (Å²) in [5, 5.41) is 7.55. The van der Waals surface area contributed by atoms with Crippen molar-refractivity contribution in [1.82, 2.24) is 0 Å². The van der Waals surface area contributed by atoms with E-state index in [1.54, 1.807) is 11.3 Å². The summed E-state index contributed by atoms with van der Waals surface area (Å²) in [6, 6.07) is 0. The topological polar surface area (TPSA) is 12.0 Å². The van der Waals surface area contributed by atoms with Gasteiger partial charge in [0, 0.05) is 16.5 Å². The Morgan fingerprint density at radius 2 is 2.23 bits per heavy atom. The van der Waals surface area contributed by atoms with Crippen LogP contribution in [-0.4, -0.2) is 0 Å². The second-order valence-corrected chi connectivity index (χ2v) is 4.50. The first-order valence-corrected chi connectivity index (χ1v) is 5.95. The Labute approximate surface area is 90.3 Å². The Bertz CT molecular complexity index is 352. The summed E-state index contributed by atoms with van der Waals surface area (Å²) in [7, 11) is 0. The van der Waals surface area contributed by atoms with Crippen molar-refractivity contribution in [1.29, 1.82) is 0 Å². The molecule has 0 atom stereocenters. The molecule has 0 bridgehead atoms. The van der Waals surface area contributed by atoms with Gasteiger partial charge in [0.05, 0.1) is 10.2 Å². The fraction of sp³-hybridized carbons (Fsp3) is 0.200. The lowest BCUT2D eigenvalue weighted by molar-refractivity contribution is 1.02. The quantitative estimate of drug-likeness (QED) is 0.837. The van der Waals surface area contributed by atoms with Gasteiger partial charge in [-0.1, -0.05) is 12.2 Å². The van der Waals surface area contributed by atoms with Crippen molar-refractivity contribution < 1.29 is 0 Å². The molecule has 0 unspecified atom stereocenters. The molecule has 1 aromatic rings. The highest BCUT2D eigenvalue weighted by atomic mass is 79.9. The lowest BCUT2D eigenvalue weighted by Gasteiger charge is -2.08. The predicted molar refractivity (Wildman–Crippen MR) is 62.1 cm³/mol. The molecule has 1 aliphatic carbocycles. The number of halogens is 1. The van der Waals surface area contributed by atoms with Crippen molar-refractivity contribution in [2.75, 3.05) is 5.32 Å². The molecule has 0 aliphatic heterocycles. The third-order valence-electron chi connectivity index (χ3n) is 1.89. The third-order valence-corrected chi connectivity index (χ3v) is 3.59. The van der Waals surface area contributed by atoms with Gasteiger partial charge in [0.25, 0.3) is 0 Å². The van der Waals surface area contributed by atoms with Crippen LogP contribution in [0.5, 0.6) is 0 Å². The fourth-order valence-corrected chi connectivity index (χ4v) is 2.56. The molecule has 13 heavy (non-hydrogen) atoms. The third kappa shape index (κ3) is 2.23. The molecular formula is C10H10BrNS. The van der Waals surface area contributed by atoms with E-state index in [4.69, 9.17) is 0 Å². The van der Waals surface area contributed by atoms with Crippen LogP contribution in [0.3, 0.4) is 0 Å². The summed E-state index contributed by atoms with van der Waals surface area (Å²) < 4.78 is 1.14. The zero-order valence-electron chi connectivity index (χ0n) is 7.09. The van der Waals surface area contributed by atoms with Gasteiger partial charge in [-0.05, 0) is 34.8 Å². The van der Waals surface area contributed by atoms with E-state index in [0.717, 1.165) is 23.0 Å². The second-order valence-electron chi connectivity index (χ2n) is 2.90. The van der Waals surface area contributed by atoms with Gasteiger partial charge in [-0.3, -0.25) is 0 Å². The van der Waals surface area contributed by atoms with Crippen LogP contribution < -0.4 is 5.32 Å². The molecule has 0 saturated carbocycles. The Hall–Kier alpha value is -0.540. The number of anilines is 1. The van der Waals surface area contributed by atoms with E-state index >= 15 is 0 Å². The average Bonchev–Trinajstić information content (AvgIpc) is 2.54. The molecule has 0 amide bonds. The van der Waals surface area contributed by atoms with Crippen molar-refractivity contribution in [3.8, 4) is 0 Å². The molecule has 2 rings (SSSR count). The minimum absolute atomic E-state index is 1.14. The van der Waals surface area contributed by atoms with Crippen LogP contribution >= 0.6 is 27.3 Å². The number of hydrogen-bond acceptors (Lipinski definition) is 2. The smallest absolute Gasteiger partial charge is 0.0637 e. The SMILES string of the molecule is Brc1cscc1NC1=CCCC=C1. The molecule has 3 heteroatoms. The lowest BCUT2D eigenvalue weighted by atomic mass is 10.1. The number of hydrogen-bond donors (Lipinski definition) is 1. The zero-order chi connectivity index (χ0) is 9.10. The van der Waals surface area contributed by atoms with Crippen LogP contribution in [0, 0.1) is 0 Å². The summed E-state index contributed by atoms with van der Waals surface area (Å²) in [6.45, 7) is 0. The van der Waals surface area contributed by atoms with Crippen LogP contribution in [0.2, 0.25) is 0 Å². The van der Waals surface area contributed by atoms with E-state index in [1.165, 1.54) is 5.70 Å². The maximum absolute atomic E-state index is 3.49. The van der Waals surface area contributed by atoms with E-state index < -0.39 is 0 Å². The van der Waals surface area contributed by atoms with Gasteiger partial charge >= 0.3 is 0 Å². The molecule has 1 N–H and O–H groups in total. The predicted octanol–water partition coefficient (Wildman–Crippen LogP) is 4.16. The van der Waals surface area contributed by atoms with Crippen molar-refractivity contribution in [3.63, 3.8) is 0 Å². The summed E-state index contributed by atoms with van der Waals surface area (Å²) in [6.07, 6.45) is 8.86. The van der Waals surface area contributed by atoms with E-state index in [-0.39, 0.29) is 0 Å². The Morgan fingerprint density at radius 3 is 2.85 bits per heavy atom. The summed E-state index contributed by atoms with van der Waals surface area (Å²) in [5.74, 6) is 0. The van der Waals surface area contributed by atoms with Gasteiger partial charge in [-0.15, -0.1) is 11.3 Å². The van der Waals surface area contributed by atoms with Crippen molar-refractivity contribution in [3.05, 3.63) is 39.2 Å². The molecule has 1 aliphatic rings. The van der Waals surface area contributed by atoms with Crippen molar-refractivity contribution in [2.45, 2.75) is 12.8 Å². The highest BCUT2D eigenvalue weighted by molar-refractivity contribution is 9.10. The molecule has 0 fully saturated rings. The number of allylic oxidation sites excluding steroid dienone is 3. The number of thiophene rings is 1. The van der Waals surface area contributed by atoms with Gasteiger partial charge in [-0.25, -0.2) is 0 Å². The number of nitrogens with one attached hydrogen (secondary N) is 1. The summed E-state index contributed by atoms with van der Waals surface area (Å²) in [5.41, 5.74) is 2.35. The summed E-state index contributed by atoms with van der Waals surface area (Å²) >= 11 is 5.18. The monoisotopic (exact) mass is 255 g/mol. The Balaban J connectivity index is 2.10. The zero-order valence-corrected chi connectivity index (χ0v) is 9.49. The van der Waals surface area contributed by atoms with Gasteiger partial charge < -0.3 is 5.32 Å². The molecule has 0 aromatic carbocycles. The van der Waals surface area contributed by atoms with Crippen LogP contribution in [0.4, 0.5) is 5.69 Å². The van der Waals surface area contributed by atoms with E-state index in [1.807, 2.05) is 0 Å². The molecule has 0 radical (unpaired) electrons.